The topological polar surface area (TPSA) is 116 Å². The van der Waals surface area contributed by atoms with Gasteiger partial charge in [0.05, 0.1) is 4.92 Å². The van der Waals surface area contributed by atoms with Crippen LogP contribution >= 0.6 is 0 Å². The second-order valence-corrected chi connectivity index (χ2v) is 4.36. The van der Waals surface area contributed by atoms with E-state index in [0.29, 0.717) is 5.75 Å². The number of rotatable bonds is 4. The van der Waals surface area contributed by atoms with Crippen molar-refractivity contribution in [2.24, 2.45) is 5.84 Å². The molecule has 0 amide bonds. The highest BCUT2D eigenvalue weighted by Gasteiger charge is 2.24. The molecule has 0 spiro atoms. The average molecular weight is 297 g/mol. The third kappa shape index (κ3) is 2.38. The molecule has 22 heavy (non-hydrogen) atoms. The van der Waals surface area contributed by atoms with Gasteiger partial charge in [-0.05, 0) is 11.5 Å². The molecule has 0 unspecified atom stereocenters. The van der Waals surface area contributed by atoms with Gasteiger partial charge >= 0.3 is 11.6 Å². The summed E-state index contributed by atoms with van der Waals surface area (Å²) in [6, 6.07) is 13.0. The minimum Gasteiger partial charge on any atom is -0.433 e. The highest BCUT2D eigenvalue weighted by Crippen LogP contribution is 2.36. The minimum absolute atomic E-state index is 0.116. The Balaban J connectivity index is 2.11. The summed E-state index contributed by atoms with van der Waals surface area (Å²) in [6.07, 6.45) is 1.14. The number of hydrazine groups is 1. The normalized spacial score (nSPS) is 10.4. The van der Waals surface area contributed by atoms with Crippen molar-refractivity contribution in [1.82, 2.24) is 9.97 Å². The van der Waals surface area contributed by atoms with E-state index in [9.17, 15) is 10.1 Å². The number of nitrogen functional groups attached to an aromatic ring is 1. The maximum atomic E-state index is 11.2. The first-order chi connectivity index (χ1) is 10.7. The fourth-order valence-electron chi connectivity index (χ4n) is 2.10. The molecular weight excluding hydrogens is 286 g/mol. The van der Waals surface area contributed by atoms with Gasteiger partial charge in [-0.1, -0.05) is 36.4 Å². The first-order valence-electron chi connectivity index (χ1n) is 6.32. The molecule has 1 heterocycles. The maximum absolute atomic E-state index is 11.2. The Morgan fingerprint density at radius 2 is 1.91 bits per heavy atom. The first-order valence-corrected chi connectivity index (χ1v) is 6.32. The molecule has 0 aliphatic heterocycles. The summed E-state index contributed by atoms with van der Waals surface area (Å²) in [5.74, 6) is 5.41. The Morgan fingerprint density at radius 3 is 2.68 bits per heavy atom. The number of nitrogens with zero attached hydrogens (tertiary/aromatic N) is 3. The zero-order chi connectivity index (χ0) is 15.5. The van der Waals surface area contributed by atoms with Crippen molar-refractivity contribution in [2.45, 2.75) is 0 Å². The Hall–Kier alpha value is -3.26. The van der Waals surface area contributed by atoms with Crippen LogP contribution in [-0.2, 0) is 0 Å². The third-order valence-electron chi connectivity index (χ3n) is 3.06. The molecule has 0 saturated heterocycles. The zero-order valence-corrected chi connectivity index (χ0v) is 11.3. The quantitative estimate of drug-likeness (QED) is 0.432. The summed E-state index contributed by atoms with van der Waals surface area (Å²) >= 11 is 0. The SMILES string of the molecule is NNc1ncnc(Oc2cccc3ccccc23)c1[N+](=O)[O-]. The van der Waals surface area contributed by atoms with Gasteiger partial charge in [0, 0.05) is 5.39 Å². The number of nitro groups is 1. The molecule has 3 N–H and O–H groups in total. The number of anilines is 1. The van der Waals surface area contributed by atoms with E-state index in [0.717, 1.165) is 17.1 Å². The molecule has 0 aliphatic rings. The minimum atomic E-state index is -0.643. The van der Waals surface area contributed by atoms with Gasteiger partial charge in [0.2, 0.25) is 5.82 Å². The predicted octanol–water partition coefficient (Wildman–Crippen LogP) is 2.62. The lowest BCUT2D eigenvalue weighted by Gasteiger charge is -2.09. The van der Waals surface area contributed by atoms with E-state index in [2.05, 4.69) is 15.4 Å². The Morgan fingerprint density at radius 1 is 1.14 bits per heavy atom. The summed E-state index contributed by atoms with van der Waals surface area (Å²) in [5.41, 5.74) is 1.75. The lowest BCUT2D eigenvalue weighted by Crippen LogP contribution is -2.12. The van der Waals surface area contributed by atoms with Crippen molar-refractivity contribution in [1.29, 1.82) is 0 Å². The van der Waals surface area contributed by atoms with Crippen LogP contribution in [0.4, 0.5) is 11.5 Å². The average Bonchev–Trinajstić information content (AvgIpc) is 2.54. The number of fused-ring (bicyclic) bond motifs is 1. The summed E-state index contributed by atoms with van der Waals surface area (Å²) in [5, 5.41) is 13.0. The van der Waals surface area contributed by atoms with Crippen LogP contribution < -0.4 is 16.0 Å². The second kappa shape index (κ2) is 5.62. The molecule has 0 atom stereocenters. The summed E-state index contributed by atoms with van der Waals surface area (Å²) < 4.78 is 5.64. The number of nitrogens with two attached hydrogens (primary N) is 1. The summed E-state index contributed by atoms with van der Waals surface area (Å²) in [7, 11) is 0. The standard InChI is InChI=1S/C14H11N5O3/c15-18-13-12(19(20)21)14(17-8-16-13)22-11-7-3-5-9-4-1-2-6-10(9)11/h1-8H,15H2,(H,16,17,18). The van der Waals surface area contributed by atoms with Crippen LogP contribution in [0.5, 0.6) is 11.6 Å². The maximum Gasteiger partial charge on any atom is 0.374 e. The van der Waals surface area contributed by atoms with E-state index in [4.69, 9.17) is 10.6 Å². The van der Waals surface area contributed by atoms with E-state index in [1.54, 1.807) is 12.1 Å². The van der Waals surface area contributed by atoms with Gasteiger partial charge in [0.1, 0.15) is 12.1 Å². The fraction of sp³-hybridized carbons (Fsp3) is 0. The first kappa shape index (κ1) is 13.7. The molecule has 3 aromatic rings. The molecule has 0 bridgehead atoms. The Bertz CT molecular complexity index is 848. The highest BCUT2D eigenvalue weighted by molar-refractivity contribution is 5.88. The van der Waals surface area contributed by atoms with Crippen molar-refractivity contribution >= 4 is 22.3 Å². The zero-order valence-electron chi connectivity index (χ0n) is 11.3. The van der Waals surface area contributed by atoms with Crippen LogP contribution in [0, 0.1) is 10.1 Å². The molecule has 1 aromatic heterocycles. The van der Waals surface area contributed by atoms with E-state index < -0.39 is 10.6 Å². The van der Waals surface area contributed by atoms with E-state index in [-0.39, 0.29) is 11.7 Å². The molecule has 0 aliphatic carbocycles. The van der Waals surface area contributed by atoms with E-state index in [1.807, 2.05) is 30.3 Å². The molecule has 0 fully saturated rings. The summed E-state index contributed by atoms with van der Waals surface area (Å²) in [6.45, 7) is 0. The third-order valence-corrected chi connectivity index (χ3v) is 3.06. The van der Waals surface area contributed by atoms with Crippen LogP contribution in [0.1, 0.15) is 0 Å². The predicted molar refractivity (Wildman–Crippen MR) is 80.5 cm³/mol. The Kier molecular flexibility index (Phi) is 3.50. The smallest absolute Gasteiger partial charge is 0.374 e. The molecule has 3 rings (SSSR count). The number of ether oxygens (including phenoxy) is 1. The van der Waals surface area contributed by atoms with Gasteiger partial charge in [-0.15, -0.1) is 0 Å². The number of hydrogen-bond donors (Lipinski definition) is 2. The van der Waals surface area contributed by atoms with Crippen LogP contribution in [0.3, 0.4) is 0 Å². The van der Waals surface area contributed by atoms with Crippen LogP contribution in [0.2, 0.25) is 0 Å². The number of hydrogen-bond acceptors (Lipinski definition) is 7. The number of nitrogens with one attached hydrogen (secondary N) is 1. The lowest BCUT2D eigenvalue weighted by molar-refractivity contribution is -0.385. The molecule has 8 heteroatoms. The molecule has 110 valence electrons. The summed E-state index contributed by atoms with van der Waals surface area (Å²) in [4.78, 5) is 18.1. The highest BCUT2D eigenvalue weighted by atomic mass is 16.6. The van der Waals surface area contributed by atoms with Crippen molar-refractivity contribution < 1.29 is 9.66 Å². The number of aromatic nitrogens is 2. The van der Waals surface area contributed by atoms with Gasteiger partial charge in [-0.2, -0.15) is 4.98 Å². The van der Waals surface area contributed by atoms with Gasteiger partial charge in [-0.25, -0.2) is 10.8 Å². The fourth-order valence-corrected chi connectivity index (χ4v) is 2.10. The molecular formula is C14H11N5O3. The van der Waals surface area contributed by atoms with Gasteiger partial charge in [0.15, 0.2) is 0 Å². The monoisotopic (exact) mass is 297 g/mol. The van der Waals surface area contributed by atoms with Gasteiger partial charge in [-0.3, -0.25) is 10.1 Å². The molecule has 0 saturated carbocycles. The lowest BCUT2D eigenvalue weighted by atomic mass is 10.1. The van der Waals surface area contributed by atoms with Crippen molar-refractivity contribution in [2.75, 3.05) is 5.43 Å². The Labute approximate surface area is 124 Å². The van der Waals surface area contributed by atoms with Crippen LogP contribution in [0.25, 0.3) is 10.8 Å². The van der Waals surface area contributed by atoms with Crippen LogP contribution in [-0.4, -0.2) is 14.9 Å². The van der Waals surface area contributed by atoms with Crippen molar-refractivity contribution in [3.05, 3.63) is 58.9 Å². The molecule has 2 aromatic carbocycles. The van der Waals surface area contributed by atoms with Gasteiger partial charge in [0.25, 0.3) is 0 Å². The second-order valence-electron chi connectivity index (χ2n) is 4.36. The molecule has 8 nitrogen and oxygen atoms in total. The number of benzene rings is 2. The van der Waals surface area contributed by atoms with Crippen molar-refractivity contribution in [3.8, 4) is 11.6 Å². The largest absolute Gasteiger partial charge is 0.433 e. The molecule has 0 radical (unpaired) electrons. The van der Waals surface area contributed by atoms with Crippen LogP contribution in [0.15, 0.2) is 48.8 Å². The van der Waals surface area contributed by atoms with E-state index in [1.165, 1.54) is 0 Å². The van der Waals surface area contributed by atoms with Gasteiger partial charge < -0.3 is 10.2 Å². The van der Waals surface area contributed by atoms with E-state index >= 15 is 0 Å². The van der Waals surface area contributed by atoms with Crippen molar-refractivity contribution in [3.63, 3.8) is 0 Å².